The Morgan fingerprint density at radius 1 is 1.50 bits per heavy atom. The third kappa shape index (κ3) is 0.975. The van der Waals surface area contributed by atoms with Gasteiger partial charge in [0.1, 0.15) is 5.76 Å². The topological polar surface area (TPSA) is 50.4 Å². The van der Waals surface area contributed by atoms with E-state index in [-0.39, 0.29) is 12.4 Å². The van der Waals surface area contributed by atoms with E-state index < -0.39 is 0 Å². The second kappa shape index (κ2) is 2.75. The van der Waals surface area contributed by atoms with Gasteiger partial charge in [-0.3, -0.25) is 4.79 Å². The molecule has 0 fully saturated rings. The van der Waals surface area contributed by atoms with E-state index in [0.29, 0.717) is 17.5 Å². The molecule has 0 radical (unpaired) electrons. The van der Waals surface area contributed by atoms with Crippen molar-refractivity contribution < 1.29 is 14.3 Å². The summed E-state index contributed by atoms with van der Waals surface area (Å²) in [4.78, 5) is 11.4. The smallest absolute Gasteiger partial charge is 0.166 e. The number of fused-ring (bicyclic) bond motifs is 1. The van der Waals surface area contributed by atoms with Gasteiger partial charge < -0.3 is 9.52 Å². The average molecular weight is 166 g/mol. The largest absolute Gasteiger partial charge is 0.468 e. The zero-order valence-electron chi connectivity index (χ0n) is 6.67. The number of furan rings is 1. The summed E-state index contributed by atoms with van der Waals surface area (Å²) in [5.74, 6) is 0.851. The second-order valence-electron chi connectivity index (χ2n) is 2.99. The zero-order valence-corrected chi connectivity index (χ0v) is 6.67. The first-order valence-corrected chi connectivity index (χ1v) is 4.06. The van der Waals surface area contributed by atoms with Crippen LogP contribution in [0.3, 0.4) is 0 Å². The van der Waals surface area contributed by atoms with Crippen LogP contribution in [0.1, 0.15) is 34.5 Å². The lowest BCUT2D eigenvalue weighted by Gasteiger charge is -2.08. The molecule has 12 heavy (non-hydrogen) atoms. The summed E-state index contributed by atoms with van der Waals surface area (Å²) in [5.41, 5.74) is 1.26. The minimum atomic E-state index is -0.107. The summed E-state index contributed by atoms with van der Waals surface area (Å²) >= 11 is 0. The Hall–Kier alpha value is -1.09. The van der Waals surface area contributed by atoms with Gasteiger partial charge in [-0.25, -0.2) is 0 Å². The molecule has 1 N–H and O–H groups in total. The summed E-state index contributed by atoms with van der Waals surface area (Å²) in [7, 11) is 0. The fourth-order valence-electron chi connectivity index (χ4n) is 1.61. The molecule has 0 spiro atoms. The standard InChI is InChI=1S/C9H10O3/c10-4-6-5-12-8-3-1-2-7(11)9(6)8/h5,10H,1-4H2. The Labute approximate surface area is 70.0 Å². The minimum absolute atomic E-state index is 0.106. The van der Waals surface area contributed by atoms with Gasteiger partial charge in [-0.15, -0.1) is 0 Å². The van der Waals surface area contributed by atoms with Gasteiger partial charge in [-0.2, -0.15) is 0 Å². The molecule has 0 atom stereocenters. The maximum Gasteiger partial charge on any atom is 0.166 e. The highest BCUT2D eigenvalue weighted by atomic mass is 16.3. The van der Waals surface area contributed by atoms with Crippen LogP contribution in [-0.4, -0.2) is 10.9 Å². The monoisotopic (exact) mass is 166 g/mol. The van der Waals surface area contributed by atoms with Crippen molar-refractivity contribution in [2.24, 2.45) is 0 Å². The van der Waals surface area contributed by atoms with Gasteiger partial charge in [-0.05, 0) is 6.42 Å². The van der Waals surface area contributed by atoms with E-state index in [1.807, 2.05) is 0 Å². The molecule has 3 nitrogen and oxygen atoms in total. The second-order valence-corrected chi connectivity index (χ2v) is 2.99. The predicted molar refractivity (Wildman–Crippen MR) is 41.9 cm³/mol. The number of rotatable bonds is 1. The van der Waals surface area contributed by atoms with Gasteiger partial charge in [0.15, 0.2) is 5.78 Å². The Kier molecular flexibility index (Phi) is 1.73. The fourth-order valence-corrected chi connectivity index (χ4v) is 1.61. The number of Topliss-reactive ketones (excluding diaryl/α,β-unsaturated/α-hetero) is 1. The van der Waals surface area contributed by atoms with E-state index in [9.17, 15) is 4.79 Å². The quantitative estimate of drug-likeness (QED) is 0.683. The van der Waals surface area contributed by atoms with Gasteiger partial charge in [0.2, 0.25) is 0 Å². The SMILES string of the molecule is O=C1CCCc2occ(CO)c21. The van der Waals surface area contributed by atoms with Gasteiger partial charge in [-0.1, -0.05) is 0 Å². The molecule has 0 aromatic carbocycles. The molecule has 0 aliphatic heterocycles. The highest BCUT2D eigenvalue weighted by Gasteiger charge is 2.23. The lowest BCUT2D eigenvalue weighted by Crippen LogP contribution is -2.10. The van der Waals surface area contributed by atoms with Gasteiger partial charge in [0, 0.05) is 18.4 Å². The minimum Gasteiger partial charge on any atom is -0.468 e. The van der Waals surface area contributed by atoms with Gasteiger partial charge in [0.25, 0.3) is 0 Å². The van der Waals surface area contributed by atoms with Crippen LogP contribution in [-0.2, 0) is 13.0 Å². The van der Waals surface area contributed by atoms with E-state index in [1.165, 1.54) is 6.26 Å². The first-order valence-electron chi connectivity index (χ1n) is 4.06. The van der Waals surface area contributed by atoms with Crippen molar-refractivity contribution in [2.45, 2.75) is 25.9 Å². The Bertz CT molecular complexity index is 298. The normalized spacial score (nSPS) is 16.2. The number of aliphatic hydroxyl groups is 1. The molecule has 0 unspecified atom stereocenters. The maximum atomic E-state index is 11.4. The number of ketones is 1. The third-order valence-corrected chi connectivity index (χ3v) is 2.20. The highest BCUT2D eigenvalue weighted by Crippen LogP contribution is 2.25. The van der Waals surface area contributed by atoms with Crippen LogP contribution in [0, 0.1) is 0 Å². The van der Waals surface area contributed by atoms with Crippen molar-refractivity contribution in [1.82, 2.24) is 0 Å². The predicted octanol–water partition coefficient (Wildman–Crippen LogP) is 1.29. The number of carbonyl (C=O) groups is 1. The lowest BCUT2D eigenvalue weighted by molar-refractivity contribution is 0.0967. The van der Waals surface area contributed by atoms with Crippen molar-refractivity contribution in [1.29, 1.82) is 0 Å². The van der Waals surface area contributed by atoms with Gasteiger partial charge in [0.05, 0.1) is 18.4 Å². The van der Waals surface area contributed by atoms with Gasteiger partial charge >= 0.3 is 0 Å². The molecule has 2 rings (SSSR count). The third-order valence-electron chi connectivity index (χ3n) is 2.20. The molecule has 64 valence electrons. The lowest BCUT2D eigenvalue weighted by atomic mass is 9.94. The fraction of sp³-hybridized carbons (Fsp3) is 0.444. The molecular formula is C9H10O3. The van der Waals surface area contributed by atoms with Crippen LogP contribution in [0.2, 0.25) is 0 Å². The molecule has 3 heteroatoms. The Morgan fingerprint density at radius 3 is 3.08 bits per heavy atom. The molecule has 1 aromatic heterocycles. The number of hydrogen-bond acceptors (Lipinski definition) is 3. The number of hydrogen-bond donors (Lipinski definition) is 1. The summed E-state index contributed by atoms with van der Waals surface area (Å²) in [6, 6.07) is 0. The first-order chi connectivity index (χ1) is 5.83. The van der Waals surface area contributed by atoms with E-state index >= 15 is 0 Å². The molecule has 1 heterocycles. The van der Waals surface area contributed by atoms with Crippen molar-refractivity contribution in [3.8, 4) is 0 Å². The summed E-state index contributed by atoms with van der Waals surface area (Å²) in [6.45, 7) is -0.107. The molecule has 0 bridgehead atoms. The van der Waals surface area contributed by atoms with Crippen LogP contribution in [0.5, 0.6) is 0 Å². The van der Waals surface area contributed by atoms with Crippen molar-refractivity contribution in [3.05, 3.63) is 23.2 Å². The van der Waals surface area contributed by atoms with Crippen LogP contribution in [0.25, 0.3) is 0 Å². The van der Waals surface area contributed by atoms with Crippen molar-refractivity contribution >= 4 is 5.78 Å². The van der Waals surface area contributed by atoms with Crippen molar-refractivity contribution in [3.63, 3.8) is 0 Å². The van der Waals surface area contributed by atoms with Crippen LogP contribution < -0.4 is 0 Å². The highest BCUT2D eigenvalue weighted by molar-refractivity contribution is 5.99. The van der Waals surface area contributed by atoms with Crippen LogP contribution in [0.15, 0.2) is 10.7 Å². The van der Waals surface area contributed by atoms with Crippen LogP contribution in [0.4, 0.5) is 0 Å². The Balaban J connectivity index is 2.50. The van der Waals surface area contributed by atoms with E-state index in [0.717, 1.165) is 18.6 Å². The summed E-state index contributed by atoms with van der Waals surface area (Å²) in [6.07, 6.45) is 3.75. The average Bonchev–Trinajstić information content (AvgIpc) is 2.49. The molecule has 0 amide bonds. The molecule has 1 aromatic rings. The summed E-state index contributed by atoms with van der Waals surface area (Å²) < 4.78 is 5.17. The number of aryl methyl sites for hydroxylation is 1. The summed E-state index contributed by atoms with van der Waals surface area (Å²) in [5, 5.41) is 8.89. The van der Waals surface area contributed by atoms with E-state index in [1.54, 1.807) is 0 Å². The van der Waals surface area contributed by atoms with Crippen molar-refractivity contribution in [2.75, 3.05) is 0 Å². The molecule has 1 aliphatic carbocycles. The number of aliphatic hydroxyl groups excluding tert-OH is 1. The molecule has 0 saturated carbocycles. The van der Waals surface area contributed by atoms with E-state index in [4.69, 9.17) is 9.52 Å². The Morgan fingerprint density at radius 2 is 2.33 bits per heavy atom. The molecule has 1 aliphatic rings. The van der Waals surface area contributed by atoms with E-state index in [2.05, 4.69) is 0 Å². The van der Waals surface area contributed by atoms with Crippen LogP contribution >= 0.6 is 0 Å². The molecule has 0 saturated heterocycles. The first kappa shape index (κ1) is 7.55. The number of carbonyl (C=O) groups excluding carboxylic acids is 1. The maximum absolute atomic E-state index is 11.4. The zero-order chi connectivity index (χ0) is 8.55. The molecular weight excluding hydrogens is 156 g/mol.